The van der Waals surface area contributed by atoms with Gasteiger partial charge in [0.15, 0.2) is 0 Å². The van der Waals surface area contributed by atoms with Crippen LogP contribution in [0.25, 0.3) is 0 Å². The molecule has 2 nitrogen and oxygen atoms in total. The van der Waals surface area contributed by atoms with Gasteiger partial charge in [0.05, 0.1) is 15.7 Å². The van der Waals surface area contributed by atoms with Gasteiger partial charge < -0.3 is 5.32 Å². The molecule has 0 atom stereocenters. The van der Waals surface area contributed by atoms with Crippen LogP contribution in [0.1, 0.15) is 65.2 Å². The first-order valence-corrected chi connectivity index (χ1v) is 9.19. The van der Waals surface area contributed by atoms with Crippen molar-refractivity contribution >= 4 is 34.7 Å². The van der Waals surface area contributed by atoms with E-state index in [4.69, 9.17) is 23.2 Å². The van der Waals surface area contributed by atoms with Crippen molar-refractivity contribution in [2.75, 3.05) is 6.54 Å². The Hall–Kier alpha value is -0.730. The molecule has 22 heavy (non-hydrogen) atoms. The highest BCUT2D eigenvalue weighted by molar-refractivity contribution is 6.42. The van der Waals surface area contributed by atoms with Crippen LogP contribution in [0.3, 0.4) is 0 Å². The van der Waals surface area contributed by atoms with E-state index >= 15 is 0 Å². The third kappa shape index (κ3) is 8.05. The Balaban J connectivity index is 2.29. The first-order chi connectivity index (χ1) is 10.7. The molecule has 4 heteroatoms. The number of halogens is 2. The maximum atomic E-state index is 6.02. The topological polar surface area (TPSA) is 24.4 Å². The zero-order valence-corrected chi connectivity index (χ0v) is 15.3. The summed E-state index contributed by atoms with van der Waals surface area (Å²) in [7, 11) is 0. The van der Waals surface area contributed by atoms with Crippen molar-refractivity contribution in [2.24, 2.45) is 4.99 Å². The van der Waals surface area contributed by atoms with Gasteiger partial charge in [-0.25, -0.2) is 4.99 Å². The van der Waals surface area contributed by atoms with E-state index in [1.807, 2.05) is 6.07 Å². The van der Waals surface area contributed by atoms with E-state index in [2.05, 4.69) is 24.2 Å². The van der Waals surface area contributed by atoms with Crippen LogP contribution in [0.15, 0.2) is 23.2 Å². The second-order valence-electron chi connectivity index (χ2n) is 5.56. The summed E-state index contributed by atoms with van der Waals surface area (Å²) >= 11 is 11.9. The molecule has 0 amide bonds. The highest BCUT2D eigenvalue weighted by Gasteiger charge is 2.00. The minimum absolute atomic E-state index is 0.547. The molecular weight excluding hydrogens is 315 g/mol. The zero-order chi connectivity index (χ0) is 16.2. The molecule has 0 aromatic heterocycles. The van der Waals surface area contributed by atoms with Crippen LogP contribution in [0.4, 0.5) is 5.69 Å². The van der Waals surface area contributed by atoms with Gasteiger partial charge in [-0.2, -0.15) is 0 Å². The van der Waals surface area contributed by atoms with Crippen LogP contribution < -0.4 is 5.32 Å². The lowest BCUT2D eigenvalue weighted by Gasteiger charge is -2.08. The molecule has 1 N–H and O–H groups in total. The molecule has 0 radical (unpaired) electrons. The minimum atomic E-state index is 0.547. The van der Waals surface area contributed by atoms with Crippen molar-refractivity contribution in [2.45, 2.75) is 65.2 Å². The van der Waals surface area contributed by atoms with Crippen molar-refractivity contribution in [3.05, 3.63) is 28.2 Å². The largest absolute Gasteiger partial charge is 0.374 e. The molecule has 0 spiro atoms. The highest BCUT2D eigenvalue weighted by atomic mass is 35.5. The van der Waals surface area contributed by atoms with Gasteiger partial charge in [-0.05, 0) is 24.6 Å². The molecule has 0 fully saturated rings. The number of amidine groups is 1. The zero-order valence-electron chi connectivity index (χ0n) is 13.8. The molecule has 0 saturated carbocycles. The Morgan fingerprint density at radius 1 is 0.955 bits per heavy atom. The van der Waals surface area contributed by atoms with Gasteiger partial charge in [0.2, 0.25) is 0 Å². The van der Waals surface area contributed by atoms with Crippen LogP contribution in [-0.2, 0) is 0 Å². The quantitative estimate of drug-likeness (QED) is 0.283. The maximum absolute atomic E-state index is 6.02. The summed E-state index contributed by atoms with van der Waals surface area (Å²) in [5.74, 6) is 1.00. The number of unbranched alkanes of at least 4 members (excludes halogenated alkanes) is 6. The fourth-order valence-electron chi connectivity index (χ4n) is 2.27. The van der Waals surface area contributed by atoms with E-state index in [0.717, 1.165) is 24.5 Å². The van der Waals surface area contributed by atoms with Crippen molar-refractivity contribution < 1.29 is 0 Å². The van der Waals surface area contributed by atoms with Crippen molar-refractivity contribution in [3.8, 4) is 0 Å². The van der Waals surface area contributed by atoms with Gasteiger partial charge in [0.1, 0.15) is 5.84 Å². The lowest BCUT2D eigenvalue weighted by atomic mass is 10.1. The number of hydrogen-bond donors (Lipinski definition) is 1. The molecular formula is C18H28Cl2N2. The summed E-state index contributed by atoms with van der Waals surface area (Å²) in [6.45, 7) is 5.35. The van der Waals surface area contributed by atoms with Gasteiger partial charge in [0.25, 0.3) is 0 Å². The van der Waals surface area contributed by atoms with E-state index < -0.39 is 0 Å². The normalized spacial score (nSPS) is 11.7. The van der Waals surface area contributed by atoms with Gasteiger partial charge in [-0.3, -0.25) is 0 Å². The molecule has 1 aromatic rings. The van der Waals surface area contributed by atoms with E-state index in [9.17, 15) is 0 Å². The number of nitrogens with zero attached hydrogens (tertiary/aromatic N) is 1. The monoisotopic (exact) mass is 342 g/mol. The Bertz CT molecular complexity index is 458. The van der Waals surface area contributed by atoms with Crippen LogP contribution in [0.5, 0.6) is 0 Å². The molecule has 1 rings (SSSR count). The number of aliphatic imine (C=N–C) groups is 1. The summed E-state index contributed by atoms with van der Waals surface area (Å²) < 4.78 is 0. The second-order valence-corrected chi connectivity index (χ2v) is 6.37. The van der Waals surface area contributed by atoms with E-state index in [1.54, 1.807) is 12.1 Å². The average molecular weight is 343 g/mol. The molecule has 124 valence electrons. The number of rotatable bonds is 10. The molecule has 0 bridgehead atoms. The number of hydrogen-bond acceptors (Lipinski definition) is 1. The van der Waals surface area contributed by atoms with Crippen molar-refractivity contribution in [3.63, 3.8) is 0 Å². The van der Waals surface area contributed by atoms with Crippen LogP contribution >= 0.6 is 23.2 Å². The van der Waals surface area contributed by atoms with Crippen LogP contribution in [0.2, 0.25) is 10.0 Å². The Morgan fingerprint density at radius 3 is 2.27 bits per heavy atom. The molecule has 0 saturated heterocycles. The molecule has 0 aliphatic heterocycles. The van der Waals surface area contributed by atoms with Gasteiger partial charge in [-0.1, -0.05) is 75.6 Å². The summed E-state index contributed by atoms with van der Waals surface area (Å²) in [6.07, 6.45) is 10.1. The fraction of sp³-hybridized carbons (Fsp3) is 0.611. The molecule has 0 unspecified atom stereocenters. The van der Waals surface area contributed by atoms with Crippen molar-refractivity contribution in [1.29, 1.82) is 0 Å². The SMILES string of the molecule is CCCCCCCCCN/C(CC)=N\c1ccc(Cl)c(Cl)c1. The van der Waals surface area contributed by atoms with Crippen molar-refractivity contribution in [1.82, 2.24) is 5.32 Å². The Kier molecular flexibility index (Phi) is 10.3. The highest BCUT2D eigenvalue weighted by Crippen LogP contribution is 2.26. The predicted octanol–water partition coefficient (Wildman–Crippen LogP) is 6.77. The number of benzene rings is 1. The Labute approximate surface area is 145 Å². The molecule has 0 aliphatic rings. The fourth-order valence-corrected chi connectivity index (χ4v) is 2.56. The third-order valence-electron chi connectivity index (χ3n) is 3.61. The summed E-state index contributed by atoms with van der Waals surface area (Å²) in [6, 6.07) is 5.47. The first kappa shape index (κ1) is 19.3. The van der Waals surface area contributed by atoms with Crippen LogP contribution in [0, 0.1) is 0 Å². The molecule has 0 heterocycles. The van der Waals surface area contributed by atoms with E-state index in [0.29, 0.717) is 10.0 Å². The van der Waals surface area contributed by atoms with Gasteiger partial charge in [0, 0.05) is 13.0 Å². The Morgan fingerprint density at radius 2 is 1.64 bits per heavy atom. The standard InChI is InChI=1S/C18H28Cl2N2/c1-3-5-6-7-8-9-10-13-21-18(4-2)22-15-11-12-16(19)17(20)14-15/h11-12,14H,3-10,13H2,1-2H3,(H,21,22). The molecule has 0 aliphatic carbocycles. The first-order valence-electron chi connectivity index (χ1n) is 8.43. The van der Waals surface area contributed by atoms with E-state index in [-0.39, 0.29) is 0 Å². The smallest absolute Gasteiger partial charge is 0.102 e. The second kappa shape index (κ2) is 11.8. The van der Waals surface area contributed by atoms with E-state index in [1.165, 1.54) is 44.9 Å². The lowest BCUT2D eigenvalue weighted by molar-refractivity contribution is 0.585. The predicted molar refractivity (Wildman–Crippen MR) is 99.8 cm³/mol. The third-order valence-corrected chi connectivity index (χ3v) is 4.35. The van der Waals surface area contributed by atoms with Crippen LogP contribution in [-0.4, -0.2) is 12.4 Å². The maximum Gasteiger partial charge on any atom is 0.102 e. The summed E-state index contributed by atoms with van der Waals surface area (Å²) in [5, 5.41) is 4.54. The summed E-state index contributed by atoms with van der Waals surface area (Å²) in [5.41, 5.74) is 0.846. The lowest BCUT2D eigenvalue weighted by Crippen LogP contribution is -2.23. The minimum Gasteiger partial charge on any atom is -0.374 e. The summed E-state index contributed by atoms with van der Waals surface area (Å²) in [4.78, 5) is 4.60. The average Bonchev–Trinajstić information content (AvgIpc) is 2.52. The van der Waals surface area contributed by atoms with Gasteiger partial charge in [-0.15, -0.1) is 0 Å². The number of nitrogens with one attached hydrogen (secondary N) is 1. The molecule has 1 aromatic carbocycles. The van der Waals surface area contributed by atoms with Gasteiger partial charge >= 0.3 is 0 Å².